The van der Waals surface area contributed by atoms with Crippen molar-refractivity contribution in [3.8, 4) is 5.69 Å². The number of rotatable bonds is 6. The fraction of sp³-hybridized carbons (Fsp3) is 0.167. The van der Waals surface area contributed by atoms with Gasteiger partial charge in [0.05, 0.1) is 23.4 Å². The van der Waals surface area contributed by atoms with Gasteiger partial charge < -0.3 is 5.32 Å². The first kappa shape index (κ1) is 26.7. The van der Waals surface area contributed by atoms with Crippen LogP contribution in [0.5, 0.6) is 0 Å². The van der Waals surface area contributed by atoms with Crippen molar-refractivity contribution in [1.82, 2.24) is 20.0 Å². The highest BCUT2D eigenvalue weighted by molar-refractivity contribution is 6.13. The first-order chi connectivity index (χ1) is 19.0. The maximum absolute atomic E-state index is 13.6. The van der Waals surface area contributed by atoms with Crippen molar-refractivity contribution < 1.29 is 22.8 Å². The van der Waals surface area contributed by atoms with Gasteiger partial charge in [0, 0.05) is 12.1 Å². The second kappa shape index (κ2) is 10.4. The Kier molecular flexibility index (Phi) is 6.93. The maximum atomic E-state index is 13.6. The van der Waals surface area contributed by atoms with E-state index in [9.17, 15) is 27.6 Å². The van der Waals surface area contributed by atoms with Crippen molar-refractivity contribution in [2.24, 2.45) is 0 Å². The summed E-state index contributed by atoms with van der Waals surface area (Å²) in [5, 5.41) is 5.64. The predicted molar refractivity (Wildman–Crippen MR) is 144 cm³/mol. The molecular formula is C30H25F3N4O3. The Balaban J connectivity index is 1.53. The quantitative estimate of drug-likeness (QED) is 0.248. The molecule has 0 spiro atoms. The monoisotopic (exact) mass is 546 g/mol. The van der Waals surface area contributed by atoms with Gasteiger partial charge in [-0.05, 0) is 60.4 Å². The zero-order valence-electron chi connectivity index (χ0n) is 21.7. The van der Waals surface area contributed by atoms with E-state index in [1.165, 1.54) is 22.9 Å². The molecule has 204 valence electrons. The fourth-order valence-corrected chi connectivity index (χ4v) is 4.65. The van der Waals surface area contributed by atoms with E-state index in [-0.39, 0.29) is 23.4 Å². The van der Waals surface area contributed by atoms with Gasteiger partial charge in [0.1, 0.15) is 5.70 Å². The molecular weight excluding hydrogens is 521 g/mol. The topological polar surface area (TPSA) is 87.2 Å². The Morgan fingerprint density at radius 2 is 1.57 bits per heavy atom. The number of hydrogen-bond acceptors (Lipinski definition) is 3. The molecule has 0 saturated carbocycles. The van der Waals surface area contributed by atoms with E-state index in [2.05, 4.69) is 10.4 Å². The third-order valence-corrected chi connectivity index (χ3v) is 6.84. The highest BCUT2D eigenvalue weighted by Crippen LogP contribution is 2.30. The number of benzene rings is 3. The Morgan fingerprint density at radius 1 is 0.875 bits per heavy atom. The lowest BCUT2D eigenvalue weighted by molar-refractivity contribution is -0.137. The van der Waals surface area contributed by atoms with Gasteiger partial charge in [-0.25, -0.2) is 9.48 Å². The van der Waals surface area contributed by atoms with E-state index < -0.39 is 29.2 Å². The van der Waals surface area contributed by atoms with Gasteiger partial charge in [-0.15, -0.1) is 0 Å². The highest BCUT2D eigenvalue weighted by atomic mass is 19.4. The number of para-hydroxylation sites is 1. The lowest BCUT2D eigenvalue weighted by Crippen LogP contribution is -2.30. The normalized spacial score (nSPS) is 14.7. The molecule has 7 nitrogen and oxygen atoms in total. The van der Waals surface area contributed by atoms with Crippen LogP contribution in [-0.2, 0) is 23.9 Å². The molecule has 1 aliphatic heterocycles. The number of urea groups is 1. The van der Waals surface area contributed by atoms with Crippen molar-refractivity contribution in [2.45, 2.75) is 33.0 Å². The number of nitrogens with one attached hydrogen (secondary N) is 2. The Hall–Kier alpha value is -4.86. The number of aryl methyl sites for hydroxylation is 2. The van der Waals surface area contributed by atoms with Crippen LogP contribution in [-0.4, -0.2) is 26.6 Å². The number of H-pyrrole nitrogens is 1. The molecule has 10 heteroatoms. The number of imide groups is 1. The van der Waals surface area contributed by atoms with Crippen LogP contribution in [0, 0.1) is 13.8 Å². The summed E-state index contributed by atoms with van der Waals surface area (Å²) in [4.78, 5) is 40.3. The number of hydrogen-bond donors (Lipinski definition) is 2. The van der Waals surface area contributed by atoms with Crippen molar-refractivity contribution in [1.29, 1.82) is 0 Å². The molecule has 0 unspecified atom stereocenters. The van der Waals surface area contributed by atoms with Crippen LogP contribution in [0.1, 0.15) is 39.1 Å². The molecule has 0 aliphatic carbocycles. The van der Waals surface area contributed by atoms with Crippen molar-refractivity contribution in [3.05, 3.63) is 128 Å². The standard InChI is InChI=1S/C30H25F3N4O3/c1-18-8-3-5-11-21(18)15-24-23(27(38)37(35-24)26-13-6-4-9-19(26)2)16-25-28(39)36(29(40)34-25)17-20-10-7-12-22(14-20)30(31,32)33/h3-14,16,35H,15,17H2,1-2H3,(H,34,40). The van der Waals surface area contributed by atoms with Crippen LogP contribution in [0.3, 0.4) is 0 Å². The summed E-state index contributed by atoms with van der Waals surface area (Å²) in [6, 6.07) is 18.7. The van der Waals surface area contributed by atoms with Gasteiger partial charge in [0.15, 0.2) is 0 Å². The average Bonchev–Trinajstić information content (AvgIpc) is 3.35. The molecule has 3 aromatic carbocycles. The molecule has 1 aliphatic rings. The highest BCUT2D eigenvalue weighted by Gasteiger charge is 2.35. The fourth-order valence-electron chi connectivity index (χ4n) is 4.65. The van der Waals surface area contributed by atoms with Crippen LogP contribution >= 0.6 is 0 Å². The number of carbonyl (C=O) groups is 2. The van der Waals surface area contributed by atoms with E-state index in [0.29, 0.717) is 17.8 Å². The third-order valence-electron chi connectivity index (χ3n) is 6.84. The number of amides is 3. The Bertz CT molecular complexity index is 1720. The maximum Gasteiger partial charge on any atom is 0.416 e. The summed E-state index contributed by atoms with van der Waals surface area (Å²) < 4.78 is 40.8. The second-order valence-corrected chi connectivity index (χ2v) is 9.61. The first-order valence-electron chi connectivity index (χ1n) is 12.5. The molecule has 1 fully saturated rings. The van der Waals surface area contributed by atoms with Gasteiger partial charge in [-0.1, -0.05) is 54.6 Å². The van der Waals surface area contributed by atoms with Gasteiger partial charge in [-0.3, -0.25) is 19.6 Å². The van der Waals surface area contributed by atoms with Crippen LogP contribution in [0.25, 0.3) is 11.8 Å². The largest absolute Gasteiger partial charge is 0.416 e. The van der Waals surface area contributed by atoms with Gasteiger partial charge in [-0.2, -0.15) is 13.2 Å². The summed E-state index contributed by atoms with van der Waals surface area (Å²) in [6.07, 6.45) is -2.87. The van der Waals surface area contributed by atoms with Crippen molar-refractivity contribution >= 4 is 18.0 Å². The molecule has 0 bridgehead atoms. The zero-order chi connectivity index (χ0) is 28.6. The Labute approximate surface area is 227 Å². The van der Waals surface area contributed by atoms with E-state index in [1.807, 2.05) is 50.2 Å². The summed E-state index contributed by atoms with van der Waals surface area (Å²) in [7, 11) is 0. The molecule has 4 aromatic rings. The minimum atomic E-state index is -4.56. The van der Waals surface area contributed by atoms with Crippen LogP contribution in [0.15, 0.2) is 83.3 Å². The van der Waals surface area contributed by atoms with E-state index in [0.717, 1.165) is 33.7 Å². The molecule has 2 heterocycles. The predicted octanol–water partition coefficient (Wildman–Crippen LogP) is 5.48. The van der Waals surface area contributed by atoms with Gasteiger partial charge in [0.2, 0.25) is 0 Å². The SMILES string of the molecule is Cc1ccccc1Cc1[nH]n(-c2ccccc2C)c(=O)c1C=C1NC(=O)N(Cc2cccc(C(F)(F)F)c2)C1=O. The minimum absolute atomic E-state index is 0.142. The van der Waals surface area contributed by atoms with Crippen LogP contribution in [0.2, 0.25) is 0 Å². The molecule has 1 aromatic heterocycles. The number of aromatic amines is 1. The molecule has 5 rings (SSSR count). The van der Waals surface area contributed by atoms with E-state index in [4.69, 9.17) is 0 Å². The summed E-state index contributed by atoms with van der Waals surface area (Å²) in [5.74, 6) is -0.743. The van der Waals surface area contributed by atoms with Gasteiger partial charge >= 0.3 is 12.2 Å². The average molecular weight is 547 g/mol. The van der Waals surface area contributed by atoms with E-state index in [1.54, 1.807) is 12.1 Å². The summed E-state index contributed by atoms with van der Waals surface area (Å²) in [6.45, 7) is 3.47. The second-order valence-electron chi connectivity index (χ2n) is 9.61. The van der Waals surface area contributed by atoms with Crippen LogP contribution in [0.4, 0.5) is 18.0 Å². The lowest BCUT2D eigenvalue weighted by Gasteiger charge is -2.13. The van der Waals surface area contributed by atoms with Gasteiger partial charge in [0.25, 0.3) is 11.5 Å². The first-order valence-corrected chi connectivity index (χ1v) is 12.5. The number of nitrogens with zero attached hydrogens (tertiary/aromatic N) is 2. The molecule has 1 saturated heterocycles. The zero-order valence-corrected chi connectivity index (χ0v) is 21.7. The van der Waals surface area contributed by atoms with Crippen LogP contribution < -0.4 is 10.9 Å². The number of alkyl halides is 3. The molecule has 2 N–H and O–H groups in total. The minimum Gasteiger partial charge on any atom is -0.303 e. The lowest BCUT2D eigenvalue weighted by atomic mass is 10.0. The smallest absolute Gasteiger partial charge is 0.303 e. The summed E-state index contributed by atoms with van der Waals surface area (Å²) >= 11 is 0. The Morgan fingerprint density at radius 3 is 2.27 bits per heavy atom. The van der Waals surface area contributed by atoms with Crippen molar-refractivity contribution in [3.63, 3.8) is 0 Å². The summed E-state index contributed by atoms with van der Waals surface area (Å²) in [5.41, 5.74) is 2.91. The molecule has 0 radical (unpaired) electrons. The number of carbonyl (C=O) groups excluding carboxylic acids is 2. The third kappa shape index (κ3) is 5.20. The number of halogens is 3. The molecule has 0 atom stereocenters. The number of aromatic nitrogens is 2. The molecule has 40 heavy (non-hydrogen) atoms. The van der Waals surface area contributed by atoms with Crippen molar-refractivity contribution in [2.75, 3.05) is 0 Å². The van der Waals surface area contributed by atoms with E-state index >= 15 is 0 Å². The molecule has 3 amide bonds.